The standard InChI is InChI=1S/C21H22FNO3/c22-16-7-5-15(6-8-16)20-18-4-2-1-3-14(18)9-11-23(20)21(25)19-13-17(24)10-12-26-19/h1-8,17,19-20,24H,9-13H2/t17-,19+,20-/m0/s1. The third-order valence-corrected chi connectivity index (χ3v) is 5.28. The smallest absolute Gasteiger partial charge is 0.252 e. The lowest BCUT2D eigenvalue weighted by Crippen LogP contribution is -2.48. The van der Waals surface area contributed by atoms with Gasteiger partial charge in [0.2, 0.25) is 0 Å². The van der Waals surface area contributed by atoms with Gasteiger partial charge in [0.15, 0.2) is 0 Å². The largest absolute Gasteiger partial charge is 0.393 e. The van der Waals surface area contributed by atoms with Crippen LogP contribution in [0.3, 0.4) is 0 Å². The zero-order valence-electron chi connectivity index (χ0n) is 14.5. The van der Waals surface area contributed by atoms with E-state index < -0.39 is 12.2 Å². The fraction of sp³-hybridized carbons (Fsp3) is 0.381. The summed E-state index contributed by atoms with van der Waals surface area (Å²) < 4.78 is 19.1. The molecule has 3 atom stereocenters. The molecule has 0 aliphatic carbocycles. The Labute approximate surface area is 152 Å². The molecule has 2 heterocycles. The van der Waals surface area contributed by atoms with Gasteiger partial charge in [-0.25, -0.2) is 4.39 Å². The summed E-state index contributed by atoms with van der Waals surface area (Å²) in [6.45, 7) is 0.969. The van der Waals surface area contributed by atoms with Crippen molar-refractivity contribution in [3.63, 3.8) is 0 Å². The highest BCUT2D eigenvalue weighted by Crippen LogP contribution is 2.36. The molecule has 1 N–H and O–H groups in total. The molecule has 1 amide bonds. The molecule has 5 heteroatoms. The molecule has 4 rings (SSSR count). The van der Waals surface area contributed by atoms with Gasteiger partial charge in [0.1, 0.15) is 11.9 Å². The summed E-state index contributed by atoms with van der Waals surface area (Å²) in [4.78, 5) is 15.0. The average molecular weight is 355 g/mol. The molecule has 2 aliphatic heterocycles. The first kappa shape index (κ1) is 17.2. The predicted molar refractivity (Wildman–Crippen MR) is 95.1 cm³/mol. The second kappa shape index (κ2) is 7.17. The molecule has 1 fully saturated rings. The fourth-order valence-corrected chi connectivity index (χ4v) is 3.94. The Kier molecular flexibility index (Phi) is 4.74. The topological polar surface area (TPSA) is 49.8 Å². The third kappa shape index (κ3) is 3.24. The second-order valence-electron chi connectivity index (χ2n) is 6.97. The molecule has 2 aromatic rings. The van der Waals surface area contributed by atoms with Crippen LogP contribution in [0, 0.1) is 5.82 Å². The van der Waals surface area contributed by atoms with E-state index in [0.29, 0.717) is 26.0 Å². The minimum atomic E-state index is -0.619. The van der Waals surface area contributed by atoms with Gasteiger partial charge in [-0.2, -0.15) is 0 Å². The molecule has 0 saturated carbocycles. The lowest BCUT2D eigenvalue weighted by molar-refractivity contribution is -0.152. The van der Waals surface area contributed by atoms with Gasteiger partial charge >= 0.3 is 0 Å². The summed E-state index contributed by atoms with van der Waals surface area (Å²) in [6, 6.07) is 14.1. The van der Waals surface area contributed by atoms with Gasteiger partial charge in [-0.05, 0) is 41.7 Å². The number of aliphatic hydroxyl groups is 1. The maximum atomic E-state index is 13.4. The number of halogens is 1. The van der Waals surface area contributed by atoms with Crippen LogP contribution >= 0.6 is 0 Å². The Morgan fingerprint density at radius 2 is 1.92 bits per heavy atom. The zero-order valence-corrected chi connectivity index (χ0v) is 14.5. The molecule has 0 spiro atoms. The van der Waals surface area contributed by atoms with Crippen LogP contribution in [0.15, 0.2) is 48.5 Å². The van der Waals surface area contributed by atoms with E-state index in [2.05, 4.69) is 6.07 Å². The van der Waals surface area contributed by atoms with Crippen molar-refractivity contribution < 1.29 is 19.0 Å². The van der Waals surface area contributed by atoms with Crippen LogP contribution in [0.25, 0.3) is 0 Å². The minimum absolute atomic E-state index is 0.104. The van der Waals surface area contributed by atoms with E-state index in [1.165, 1.54) is 17.7 Å². The Balaban J connectivity index is 1.71. The Hall–Kier alpha value is -2.24. The highest BCUT2D eigenvalue weighted by atomic mass is 19.1. The Morgan fingerprint density at radius 3 is 2.69 bits per heavy atom. The van der Waals surface area contributed by atoms with Gasteiger partial charge in [-0.15, -0.1) is 0 Å². The third-order valence-electron chi connectivity index (χ3n) is 5.28. The highest BCUT2D eigenvalue weighted by molar-refractivity contribution is 5.82. The van der Waals surface area contributed by atoms with E-state index in [-0.39, 0.29) is 17.8 Å². The van der Waals surface area contributed by atoms with Crippen molar-refractivity contribution in [2.45, 2.75) is 37.5 Å². The van der Waals surface area contributed by atoms with Crippen molar-refractivity contribution in [3.05, 3.63) is 71.0 Å². The molecule has 0 aromatic heterocycles. The number of hydrogen-bond acceptors (Lipinski definition) is 3. The van der Waals surface area contributed by atoms with E-state index in [0.717, 1.165) is 17.5 Å². The van der Waals surface area contributed by atoms with Gasteiger partial charge in [0.25, 0.3) is 5.91 Å². The van der Waals surface area contributed by atoms with E-state index in [1.807, 2.05) is 23.1 Å². The normalized spacial score (nSPS) is 25.6. The molecule has 2 aliphatic rings. The van der Waals surface area contributed by atoms with Crippen molar-refractivity contribution in [3.8, 4) is 0 Å². The number of rotatable bonds is 2. The molecule has 4 nitrogen and oxygen atoms in total. The number of nitrogens with zero attached hydrogens (tertiary/aromatic N) is 1. The number of amides is 1. The van der Waals surface area contributed by atoms with Crippen LogP contribution in [-0.2, 0) is 16.0 Å². The highest BCUT2D eigenvalue weighted by Gasteiger charge is 2.37. The molecular formula is C21H22FNO3. The quantitative estimate of drug-likeness (QED) is 0.901. The molecule has 26 heavy (non-hydrogen) atoms. The second-order valence-corrected chi connectivity index (χ2v) is 6.97. The van der Waals surface area contributed by atoms with Crippen molar-refractivity contribution >= 4 is 5.91 Å². The molecule has 0 unspecified atom stereocenters. The molecule has 2 aromatic carbocycles. The van der Waals surface area contributed by atoms with Gasteiger partial charge in [-0.1, -0.05) is 36.4 Å². The summed E-state index contributed by atoms with van der Waals surface area (Å²) in [5.41, 5.74) is 3.15. The average Bonchev–Trinajstić information content (AvgIpc) is 2.67. The summed E-state index contributed by atoms with van der Waals surface area (Å²) in [7, 11) is 0. The predicted octanol–water partition coefficient (Wildman–Crippen LogP) is 2.84. The van der Waals surface area contributed by atoms with Crippen LogP contribution in [0.4, 0.5) is 4.39 Å². The molecule has 136 valence electrons. The van der Waals surface area contributed by atoms with Crippen molar-refractivity contribution in [2.75, 3.05) is 13.2 Å². The van der Waals surface area contributed by atoms with E-state index in [1.54, 1.807) is 12.1 Å². The fourth-order valence-electron chi connectivity index (χ4n) is 3.94. The van der Waals surface area contributed by atoms with Crippen molar-refractivity contribution in [1.29, 1.82) is 0 Å². The summed E-state index contributed by atoms with van der Waals surface area (Å²) >= 11 is 0. The number of fused-ring (bicyclic) bond motifs is 1. The summed E-state index contributed by atoms with van der Waals surface area (Å²) in [5, 5.41) is 9.91. The molecule has 1 saturated heterocycles. The SMILES string of the molecule is O=C([C@H]1C[C@@H](O)CCO1)N1CCc2ccccc2[C@@H]1c1ccc(F)cc1. The molecule has 0 bridgehead atoms. The number of hydrogen-bond donors (Lipinski definition) is 1. The maximum Gasteiger partial charge on any atom is 0.252 e. The van der Waals surface area contributed by atoms with Gasteiger partial charge in [0, 0.05) is 13.0 Å². The van der Waals surface area contributed by atoms with Crippen LogP contribution in [0.1, 0.15) is 35.6 Å². The number of carbonyl (C=O) groups excluding carboxylic acids is 1. The van der Waals surface area contributed by atoms with E-state index >= 15 is 0 Å². The first-order valence-electron chi connectivity index (χ1n) is 9.07. The lowest BCUT2D eigenvalue weighted by Gasteiger charge is -2.40. The first-order valence-corrected chi connectivity index (χ1v) is 9.07. The number of aliphatic hydroxyl groups excluding tert-OH is 1. The zero-order chi connectivity index (χ0) is 18.1. The van der Waals surface area contributed by atoms with E-state index in [9.17, 15) is 14.3 Å². The number of ether oxygens (including phenoxy) is 1. The molecule has 0 radical (unpaired) electrons. The monoisotopic (exact) mass is 355 g/mol. The van der Waals surface area contributed by atoms with Crippen LogP contribution in [0.5, 0.6) is 0 Å². The minimum Gasteiger partial charge on any atom is -0.393 e. The Morgan fingerprint density at radius 1 is 1.15 bits per heavy atom. The van der Waals surface area contributed by atoms with Crippen LogP contribution in [0.2, 0.25) is 0 Å². The Bertz CT molecular complexity index is 792. The van der Waals surface area contributed by atoms with E-state index in [4.69, 9.17) is 4.74 Å². The number of benzene rings is 2. The van der Waals surface area contributed by atoms with Crippen LogP contribution in [-0.4, -0.2) is 41.3 Å². The summed E-state index contributed by atoms with van der Waals surface area (Å²) in [6.07, 6.45) is 0.543. The van der Waals surface area contributed by atoms with Gasteiger partial charge in [-0.3, -0.25) is 4.79 Å². The number of carbonyl (C=O) groups is 1. The lowest BCUT2D eigenvalue weighted by atomic mass is 9.87. The first-order chi connectivity index (χ1) is 12.6. The van der Waals surface area contributed by atoms with Crippen molar-refractivity contribution in [1.82, 2.24) is 4.90 Å². The molecular weight excluding hydrogens is 333 g/mol. The summed E-state index contributed by atoms with van der Waals surface area (Å²) in [5.74, 6) is -0.401. The van der Waals surface area contributed by atoms with Gasteiger partial charge in [0.05, 0.1) is 18.8 Å². The maximum absolute atomic E-state index is 13.4. The van der Waals surface area contributed by atoms with Crippen molar-refractivity contribution in [2.24, 2.45) is 0 Å². The van der Waals surface area contributed by atoms with Crippen LogP contribution < -0.4 is 0 Å². The van der Waals surface area contributed by atoms with Gasteiger partial charge < -0.3 is 14.7 Å².